The molecule has 6 nitrogen and oxygen atoms in total. The predicted molar refractivity (Wildman–Crippen MR) is 144 cm³/mol. The molecule has 0 unspecified atom stereocenters. The molecule has 0 spiro atoms. The first-order valence-electron chi connectivity index (χ1n) is 11.4. The van der Waals surface area contributed by atoms with Crippen LogP contribution in [0.15, 0.2) is 47.4 Å². The van der Waals surface area contributed by atoms with Crippen LogP contribution in [0.1, 0.15) is 50.8 Å². The molecule has 0 N–H and O–H groups in total. The van der Waals surface area contributed by atoms with Gasteiger partial charge in [0.25, 0.3) is 5.91 Å². The summed E-state index contributed by atoms with van der Waals surface area (Å²) < 4.78 is 16.9. The standard InChI is InChI=1S/C27H31NO5S2/c1-6-32-24(29)13-14-28-25(30)23(35-26(28)34)16-19-9-12-21(22(15-19)31-5)33-17-18-7-10-20(11-8-18)27(2,3)4/h7-12,15-16H,6,13-14,17H2,1-5H3/b23-16+. The van der Waals surface area contributed by atoms with E-state index in [0.717, 1.165) is 11.1 Å². The molecule has 0 saturated carbocycles. The largest absolute Gasteiger partial charge is 0.493 e. The molecule has 2 aromatic rings. The van der Waals surface area contributed by atoms with Gasteiger partial charge in [0.1, 0.15) is 10.9 Å². The molecular weight excluding hydrogens is 482 g/mol. The monoisotopic (exact) mass is 513 g/mol. The van der Waals surface area contributed by atoms with Crippen molar-refractivity contribution in [3.63, 3.8) is 0 Å². The van der Waals surface area contributed by atoms with E-state index in [2.05, 4.69) is 45.0 Å². The van der Waals surface area contributed by atoms with E-state index >= 15 is 0 Å². The summed E-state index contributed by atoms with van der Waals surface area (Å²) in [5, 5.41) is 0. The summed E-state index contributed by atoms with van der Waals surface area (Å²) >= 11 is 6.55. The highest BCUT2D eigenvalue weighted by Crippen LogP contribution is 2.35. The molecule has 8 heteroatoms. The second-order valence-corrected chi connectivity index (χ2v) is 10.7. The van der Waals surface area contributed by atoms with Gasteiger partial charge < -0.3 is 14.2 Å². The van der Waals surface area contributed by atoms with Crippen molar-refractivity contribution in [1.29, 1.82) is 0 Å². The van der Waals surface area contributed by atoms with Crippen LogP contribution in [0.5, 0.6) is 11.5 Å². The highest BCUT2D eigenvalue weighted by Gasteiger charge is 2.32. The smallest absolute Gasteiger partial charge is 0.307 e. The minimum absolute atomic E-state index is 0.104. The molecule has 1 amide bonds. The summed E-state index contributed by atoms with van der Waals surface area (Å²) in [5.74, 6) is 0.618. The van der Waals surface area contributed by atoms with Crippen LogP contribution >= 0.6 is 24.0 Å². The molecule has 0 aliphatic carbocycles. The Morgan fingerprint density at radius 2 is 1.83 bits per heavy atom. The molecule has 35 heavy (non-hydrogen) atoms. The van der Waals surface area contributed by atoms with Gasteiger partial charge in [0, 0.05) is 6.54 Å². The van der Waals surface area contributed by atoms with Gasteiger partial charge in [0.15, 0.2) is 11.5 Å². The average molecular weight is 514 g/mol. The first-order valence-corrected chi connectivity index (χ1v) is 12.7. The fraction of sp³-hybridized carbons (Fsp3) is 0.370. The normalized spacial score (nSPS) is 15.0. The number of methoxy groups -OCH3 is 1. The van der Waals surface area contributed by atoms with E-state index in [9.17, 15) is 9.59 Å². The number of benzene rings is 2. The number of esters is 1. The highest BCUT2D eigenvalue weighted by atomic mass is 32.2. The van der Waals surface area contributed by atoms with Gasteiger partial charge in [-0.25, -0.2) is 0 Å². The lowest BCUT2D eigenvalue weighted by Crippen LogP contribution is -2.30. The second-order valence-electron chi connectivity index (χ2n) is 9.03. The Bertz CT molecular complexity index is 1120. The van der Waals surface area contributed by atoms with E-state index in [1.165, 1.54) is 22.2 Å². The van der Waals surface area contributed by atoms with Crippen molar-refractivity contribution in [2.45, 2.75) is 46.1 Å². The molecule has 1 aliphatic rings. The maximum atomic E-state index is 12.8. The Morgan fingerprint density at radius 3 is 2.46 bits per heavy atom. The van der Waals surface area contributed by atoms with E-state index < -0.39 is 0 Å². The number of rotatable bonds is 9. The van der Waals surface area contributed by atoms with Crippen molar-refractivity contribution in [2.75, 3.05) is 20.3 Å². The van der Waals surface area contributed by atoms with Crippen LogP contribution in [0.25, 0.3) is 6.08 Å². The predicted octanol–water partition coefficient (Wildman–Crippen LogP) is 5.73. The summed E-state index contributed by atoms with van der Waals surface area (Å²) in [4.78, 5) is 26.4. The summed E-state index contributed by atoms with van der Waals surface area (Å²) in [5.41, 5.74) is 3.23. The topological polar surface area (TPSA) is 65.1 Å². The van der Waals surface area contributed by atoms with E-state index in [-0.39, 0.29) is 30.3 Å². The van der Waals surface area contributed by atoms with Gasteiger partial charge in [-0.1, -0.05) is 75.1 Å². The van der Waals surface area contributed by atoms with Crippen molar-refractivity contribution < 1.29 is 23.8 Å². The minimum Gasteiger partial charge on any atom is -0.493 e. The van der Waals surface area contributed by atoms with Gasteiger partial charge in [0.2, 0.25) is 0 Å². The molecule has 2 aromatic carbocycles. The number of carbonyl (C=O) groups excluding carboxylic acids is 2. The van der Waals surface area contributed by atoms with Crippen LogP contribution in [0.2, 0.25) is 0 Å². The molecule has 0 bridgehead atoms. The fourth-order valence-electron chi connectivity index (χ4n) is 3.44. The van der Waals surface area contributed by atoms with Crippen molar-refractivity contribution >= 4 is 46.3 Å². The number of hydrogen-bond acceptors (Lipinski definition) is 7. The van der Waals surface area contributed by atoms with E-state index in [0.29, 0.717) is 33.9 Å². The molecule has 1 aliphatic heterocycles. The van der Waals surface area contributed by atoms with E-state index in [1.807, 2.05) is 18.2 Å². The molecular formula is C27H31NO5S2. The fourth-order valence-corrected chi connectivity index (χ4v) is 4.74. The Morgan fingerprint density at radius 1 is 1.11 bits per heavy atom. The molecule has 3 rings (SSSR count). The maximum absolute atomic E-state index is 12.8. The first-order chi connectivity index (χ1) is 16.6. The molecule has 1 fully saturated rings. The lowest BCUT2D eigenvalue weighted by molar-refractivity contribution is -0.143. The zero-order valence-corrected chi connectivity index (χ0v) is 22.4. The zero-order chi connectivity index (χ0) is 25.6. The number of hydrogen-bond donors (Lipinski definition) is 0. The van der Waals surface area contributed by atoms with Crippen molar-refractivity contribution in [1.82, 2.24) is 4.90 Å². The third-order valence-corrected chi connectivity index (χ3v) is 6.80. The number of amides is 1. The first kappa shape index (κ1) is 26.8. The van der Waals surface area contributed by atoms with Crippen molar-refractivity contribution in [3.05, 3.63) is 64.1 Å². The van der Waals surface area contributed by atoms with Gasteiger partial charge in [-0.3, -0.25) is 14.5 Å². The second kappa shape index (κ2) is 11.7. The van der Waals surface area contributed by atoms with Gasteiger partial charge in [-0.05, 0) is 47.2 Å². The van der Waals surface area contributed by atoms with E-state index in [4.69, 9.17) is 26.4 Å². The van der Waals surface area contributed by atoms with Crippen LogP contribution in [0.4, 0.5) is 0 Å². The Labute approximate surface area is 216 Å². The highest BCUT2D eigenvalue weighted by molar-refractivity contribution is 8.26. The molecule has 1 heterocycles. The number of nitrogens with zero attached hydrogens (tertiary/aromatic N) is 1. The molecule has 0 atom stereocenters. The zero-order valence-electron chi connectivity index (χ0n) is 20.8. The lowest BCUT2D eigenvalue weighted by atomic mass is 9.87. The van der Waals surface area contributed by atoms with Crippen LogP contribution < -0.4 is 9.47 Å². The van der Waals surface area contributed by atoms with Crippen LogP contribution in [-0.2, 0) is 26.3 Å². The Hall–Kier alpha value is -2.84. The van der Waals surface area contributed by atoms with Gasteiger partial charge >= 0.3 is 5.97 Å². The van der Waals surface area contributed by atoms with Gasteiger partial charge in [-0.15, -0.1) is 0 Å². The quantitative estimate of drug-likeness (QED) is 0.241. The molecule has 0 aromatic heterocycles. The number of thiocarbonyl (C=S) groups is 1. The Kier molecular flexibility index (Phi) is 8.97. The number of ether oxygens (including phenoxy) is 3. The summed E-state index contributed by atoms with van der Waals surface area (Å²) in [6.45, 7) is 9.23. The number of carbonyl (C=O) groups is 2. The molecule has 1 saturated heterocycles. The Balaban J connectivity index is 1.67. The third-order valence-electron chi connectivity index (χ3n) is 5.42. The van der Waals surface area contributed by atoms with Gasteiger partial charge in [-0.2, -0.15) is 0 Å². The van der Waals surface area contributed by atoms with E-state index in [1.54, 1.807) is 20.1 Å². The molecule has 186 valence electrons. The van der Waals surface area contributed by atoms with Crippen LogP contribution in [0, 0.1) is 0 Å². The lowest BCUT2D eigenvalue weighted by Gasteiger charge is -2.19. The average Bonchev–Trinajstić information content (AvgIpc) is 3.08. The van der Waals surface area contributed by atoms with Crippen molar-refractivity contribution in [2.24, 2.45) is 0 Å². The SMILES string of the molecule is CCOC(=O)CCN1C(=O)/C(=C\c2ccc(OCc3ccc(C(C)(C)C)cc3)c(OC)c2)SC1=S. The van der Waals surface area contributed by atoms with Gasteiger partial charge in [0.05, 0.1) is 25.0 Å². The summed E-state index contributed by atoms with van der Waals surface area (Å²) in [6, 6.07) is 13.9. The van der Waals surface area contributed by atoms with Crippen molar-refractivity contribution in [3.8, 4) is 11.5 Å². The number of thioether (sulfide) groups is 1. The third kappa shape index (κ3) is 7.08. The molecule has 0 radical (unpaired) electrons. The van der Waals surface area contributed by atoms with Crippen LogP contribution in [-0.4, -0.2) is 41.4 Å². The maximum Gasteiger partial charge on any atom is 0.307 e. The summed E-state index contributed by atoms with van der Waals surface area (Å²) in [7, 11) is 1.58. The van der Waals surface area contributed by atoms with Crippen LogP contribution in [0.3, 0.4) is 0 Å². The summed E-state index contributed by atoms with van der Waals surface area (Å²) in [6.07, 6.45) is 1.87. The minimum atomic E-state index is -0.351.